The third-order valence-electron chi connectivity index (χ3n) is 4.30. The maximum atomic E-state index is 12.0. The molecule has 1 fully saturated rings. The first-order chi connectivity index (χ1) is 11.5. The van der Waals surface area contributed by atoms with Crippen LogP contribution in [0.15, 0.2) is 24.3 Å². The molecule has 6 heteroatoms. The van der Waals surface area contributed by atoms with Crippen molar-refractivity contribution in [2.24, 2.45) is 5.92 Å². The van der Waals surface area contributed by atoms with Crippen molar-refractivity contribution in [3.05, 3.63) is 35.4 Å². The fourth-order valence-corrected chi connectivity index (χ4v) is 2.92. The molecule has 0 saturated heterocycles. The van der Waals surface area contributed by atoms with Crippen LogP contribution in [0.25, 0.3) is 0 Å². The molecule has 2 amide bonds. The molecule has 0 spiro atoms. The van der Waals surface area contributed by atoms with Crippen molar-refractivity contribution in [1.29, 1.82) is 0 Å². The average Bonchev–Trinajstić information content (AvgIpc) is 3.07. The lowest BCUT2D eigenvalue weighted by molar-refractivity contribution is -0.126. The minimum atomic E-state index is -0.975. The second kappa shape index (κ2) is 8.47. The first kappa shape index (κ1) is 18.0. The third-order valence-corrected chi connectivity index (χ3v) is 4.30. The number of nitrogens with one attached hydrogen (secondary N) is 2. The van der Waals surface area contributed by atoms with Gasteiger partial charge in [0.25, 0.3) is 0 Å². The number of carboxylic acids is 1. The van der Waals surface area contributed by atoms with E-state index in [1.807, 2.05) is 6.92 Å². The van der Waals surface area contributed by atoms with Crippen molar-refractivity contribution >= 4 is 17.8 Å². The van der Waals surface area contributed by atoms with Crippen molar-refractivity contribution in [2.75, 3.05) is 0 Å². The van der Waals surface area contributed by atoms with Gasteiger partial charge in [-0.15, -0.1) is 0 Å². The molecule has 1 aliphatic rings. The summed E-state index contributed by atoms with van der Waals surface area (Å²) >= 11 is 0. The number of carboxylic acid groups (broad SMARTS) is 1. The summed E-state index contributed by atoms with van der Waals surface area (Å²) in [7, 11) is 0. The lowest BCUT2D eigenvalue weighted by Gasteiger charge is -2.16. The molecule has 3 N–H and O–H groups in total. The standard InChI is InChI=1S/C18H24N2O4/c1-12(20-17(22)14-4-2-3-5-14)10-16(21)19-11-13-6-8-15(9-7-13)18(23)24/h6-9,12,14H,2-5,10-11H2,1H3,(H,19,21)(H,20,22)(H,23,24). The summed E-state index contributed by atoms with van der Waals surface area (Å²) in [5, 5.41) is 14.5. The Bertz CT molecular complexity index is 592. The van der Waals surface area contributed by atoms with Crippen LogP contribution in [0.3, 0.4) is 0 Å². The van der Waals surface area contributed by atoms with Gasteiger partial charge in [0.2, 0.25) is 11.8 Å². The van der Waals surface area contributed by atoms with Crippen molar-refractivity contribution in [2.45, 2.75) is 51.6 Å². The minimum absolute atomic E-state index is 0.0528. The van der Waals surface area contributed by atoms with Crippen molar-refractivity contribution in [1.82, 2.24) is 10.6 Å². The number of aromatic carboxylic acids is 1. The first-order valence-corrected chi connectivity index (χ1v) is 8.35. The highest BCUT2D eigenvalue weighted by Gasteiger charge is 2.24. The Labute approximate surface area is 141 Å². The fourth-order valence-electron chi connectivity index (χ4n) is 2.92. The Morgan fingerprint density at radius 3 is 2.38 bits per heavy atom. The van der Waals surface area contributed by atoms with Gasteiger partial charge in [0.05, 0.1) is 5.56 Å². The van der Waals surface area contributed by atoms with E-state index in [0.29, 0.717) is 6.54 Å². The van der Waals surface area contributed by atoms with E-state index in [0.717, 1.165) is 31.2 Å². The zero-order valence-electron chi connectivity index (χ0n) is 13.9. The highest BCUT2D eigenvalue weighted by molar-refractivity contribution is 5.87. The number of rotatable bonds is 7. The molecular weight excluding hydrogens is 308 g/mol. The molecule has 6 nitrogen and oxygen atoms in total. The van der Waals surface area contributed by atoms with Gasteiger partial charge in [-0.05, 0) is 37.5 Å². The Morgan fingerprint density at radius 2 is 1.79 bits per heavy atom. The molecule has 1 unspecified atom stereocenters. The summed E-state index contributed by atoms with van der Waals surface area (Å²) in [5.74, 6) is -0.964. The number of hydrogen-bond donors (Lipinski definition) is 3. The number of benzene rings is 1. The summed E-state index contributed by atoms with van der Waals surface area (Å²) < 4.78 is 0. The second-order valence-electron chi connectivity index (χ2n) is 6.37. The van der Waals surface area contributed by atoms with Crippen LogP contribution in [-0.4, -0.2) is 28.9 Å². The molecule has 0 bridgehead atoms. The second-order valence-corrected chi connectivity index (χ2v) is 6.37. The van der Waals surface area contributed by atoms with Gasteiger partial charge in [-0.2, -0.15) is 0 Å². The SMILES string of the molecule is CC(CC(=O)NCc1ccc(C(=O)O)cc1)NC(=O)C1CCCC1. The molecule has 0 radical (unpaired) electrons. The highest BCUT2D eigenvalue weighted by Crippen LogP contribution is 2.24. The number of amides is 2. The Morgan fingerprint density at radius 1 is 1.17 bits per heavy atom. The summed E-state index contributed by atoms with van der Waals surface area (Å²) in [6.07, 6.45) is 4.32. The van der Waals surface area contributed by atoms with Crippen LogP contribution in [0, 0.1) is 5.92 Å². The van der Waals surface area contributed by atoms with Gasteiger partial charge < -0.3 is 15.7 Å². The van der Waals surface area contributed by atoms with Gasteiger partial charge in [0.15, 0.2) is 0 Å². The van der Waals surface area contributed by atoms with Gasteiger partial charge in [0, 0.05) is 24.9 Å². The topological polar surface area (TPSA) is 95.5 Å². The molecule has 0 aromatic heterocycles. The quantitative estimate of drug-likeness (QED) is 0.712. The fraction of sp³-hybridized carbons (Fsp3) is 0.500. The predicted octanol–water partition coefficient (Wildman–Crippen LogP) is 2.09. The van der Waals surface area contributed by atoms with Crippen molar-refractivity contribution in [3.8, 4) is 0 Å². The van der Waals surface area contributed by atoms with E-state index < -0.39 is 5.97 Å². The van der Waals surface area contributed by atoms with E-state index in [1.165, 1.54) is 12.1 Å². The molecular formula is C18H24N2O4. The molecule has 2 rings (SSSR count). The maximum absolute atomic E-state index is 12.0. The molecule has 24 heavy (non-hydrogen) atoms. The average molecular weight is 332 g/mol. The monoisotopic (exact) mass is 332 g/mol. The van der Waals surface area contributed by atoms with Crippen LogP contribution >= 0.6 is 0 Å². The van der Waals surface area contributed by atoms with E-state index in [2.05, 4.69) is 10.6 Å². The molecule has 0 aliphatic heterocycles. The molecule has 1 saturated carbocycles. The molecule has 1 atom stereocenters. The van der Waals surface area contributed by atoms with Crippen LogP contribution < -0.4 is 10.6 Å². The maximum Gasteiger partial charge on any atom is 0.335 e. The molecule has 1 aliphatic carbocycles. The molecule has 1 aromatic carbocycles. The van der Waals surface area contributed by atoms with Gasteiger partial charge >= 0.3 is 5.97 Å². The summed E-state index contributed by atoms with van der Waals surface area (Å²) in [4.78, 5) is 34.7. The van der Waals surface area contributed by atoms with E-state index in [-0.39, 0.29) is 35.8 Å². The smallest absolute Gasteiger partial charge is 0.335 e. The Hall–Kier alpha value is -2.37. The van der Waals surface area contributed by atoms with Crippen LogP contribution in [-0.2, 0) is 16.1 Å². The van der Waals surface area contributed by atoms with E-state index in [1.54, 1.807) is 12.1 Å². The molecule has 1 aromatic rings. The summed E-state index contributed by atoms with van der Waals surface area (Å²) in [6, 6.07) is 6.17. The number of carbonyl (C=O) groups is 3. The highest BCUT2D eigenvalue weighted by atomic mass is 16.4. The van der Waals surface area contributed by atoms with Gasteiger partial charge in [-0.3, -0.25) is 9.59 Å². The van der Waals surface area contributed by atoms with Crippen LogP contribution in [0.1, 0.15) is 54.9 Å². The zero-order chi connectivity index (χ0) is 17.5. The van der Waals surface area contributed by atoms with Gasteiger partial charge in [0.1, 0.15) is 0 Å². The van der Waals surface area contributed by atoms with Crippen LogP contribution in [0.2, 0.25) is 0 Å². The summed E-state index contributed by atoms with van der Waals surface area (Å²) in [6.45, 7) is 2.16. The van der Waals surface area contributed by atoms with Crippen LogP contribution in [0.4, 0.5) is 0 Å². The lowest BCUT2D eigenvalue weighted by Crippen LogP contribution is -2.39. The first-order valence-electron chi connectivity index (χ1n) is 8.35. The largest absolute Gasteiger partial charge is 0.478 e. The normalized spacial score (nSPS) is 15.7. The van der Waals surface area contributed by atoms with E-state index >= 15 is 0 Å². The lowest BCUT2D eigenvalue weighted by atomic mass is 10.1. The van der Waals surface area contributed by atoms with Gasteiger partial charge in [-0.1, -0.05) is 25.0 Å². The van der Waals surface area contributed by atoms with E-state index in [9.17, 15) is 14.4 Å². The molecule has 130 valence electrons. The number of carbonyl (C=O) groups excluding carboxylic acids is 2. The number of hydrogen-bond acceptors (Lipinski definition) is 3. The van der Waals surface area contributed by atoms with E-state index in [4.69, 9.17) is 5.11 Å². The Balaban J connectivity index is 1.72. The minimum Gasteiger partial charge on any atom is -0.478 e. The van der Waals surface area contributed by atoms with Crippen molar-refractivity contribution < 1.29 is 19.5 Å². The molecule has 0 heterocycles. The van der Waals surface area contributed by atoms with Crippen LogP contribution in [0.5, 0.6) is 0 Å². The third kappa shape index (κ3) is 5.37. The summed E-state index contributed by atoms with van der Waals surface area (Å²) in [5.41, 5.74) is 1.05. The zero-order valence-corrected chi connectivity index (χ0v) is 13.9. The Kier molecular flexibility index (Phi) is 6.35. The van der Waals surface area contributed by atoms with Crippen molar-refractivity contribution in [3.63, 3.8) is 0 Å². The van der Waals surface area contributed by atoms with Gasteiger partial charge in [-0.25, -0.2) is 4.79 Å². The predicted molar refractivity (Wildman–Crippen MR) is 89.4 cm³/mol.